The SMILES string of the molecule is Cc1ccc(N2CCN(S(=O)(=O)c3ccc(OC(F)(F)F)cc3)CC2)c(C)c1. The zero-order chi connectivity index (χ0) is 20.5. The van der Waals surface area contributed by atoms with E-state index in [2.05, 4.69) is 15.7 Å². The van der Waals surface area contributed by atoms with Gasteiger partial charge in [0.25, 0.3) is 0 Å². The van der Waals surface area contributed by atoms with Gasteiger partial charge in [0.2, 0.25) is 10.0 Å². The summed E-state index contributed by atoms with van der Waals surface area (Å²) in [7, 11) is -3.78. The number of anilines is 1. The molecule has 0 spiro atoms. The highest BCUT2D eigenvalue weighted by atomic mass is 32.2. The van der Waals surface area contributed by atoms with Crippen LogP contribution in [0.2, 0.25) is 0 Å². The van der Waals surface area contributed by atoms with Crippen LogP contribution in [0.3, 0.4) is 0 Å². The van der Waals surface area contributed by atoms with Crippen molar-refractivity contribution >= 4 is 15.7 Å². The summed E-state index contributed by atoms with van der Waals surface area (Å²) in [5.41, 5.74) is 3.38. The van der Waals surface area contributed by atoms with Crippen molar-refractivity contribution in [2.45, 2.75) is 25.1 Å². The molecule has 1 saturated heterocycles. The molecule has 2 aromatic carbocycles. The lowest BCUT2D eigenvalue weighted by Crippen LogP contribution is -2.48. The molecule has 5 nitrogen and oxygen atoms in total. The molecular weight excluding hydrogens is 393 g/mol. The van der Waals surface area contributed by atoms with Crippen molar-refractivity contribution in [3.63, 3.8) is 0 Å². The van der Waals surface area contributed by atoms with Crippen LogP contribution in [0.15, 0.2) is 47.4 Å². The number of halogens is 3. The van der Waals surface area contributed by atoms with E-state index in [1.54, 1.807) is 0 Å². The average molecular weight is 414 g/mol. The third-order valence-corrected chi connectivity index (χ3v) is 6.54. The number of alkyl halides is 3. The monoisotopic (exact) mass is 414 g/mol. The molecule has 0 radical (unpaired) electrons. The summed E-state index contributed by atoms with van der Waals surface area (Å²) in [6, 6.07) is 10.4. The Bertz CT molecular complexity index is 936. The molecule has 0 aromatic heterocycles. The number of aryl methyl sites for hydroxylation is 2. The lowest BCUT2D eigenvalue weighted by atomic mass is 10.1. The summed E-state index contributed by atoms with van der Waals surface area (Å²) in [4.78, 5) is 2.09. The van der Waals surface area contributed by atoms with Gasteiger partial charge in [0.15, 0.2) is 0 Å². The number of nitrogens with zero attached hydrogens (tertiary/aromatic N) is 2. The van der Waals surface area contributed by atoms with Crippen LogP contribution in [0.1, 0.15) is 11.1 Å². The first-order chi connectivity index (χ1) is 13.1. The topological polar surface area (TPSA) is 49.9 Å². The van der Waals surface area contributed by atoms with Gasteiger partial charge in [-0.15, -0.1) is 13.2 Å². The minimum absolute atomic E-state index is 0.0537. The molecule has 0 unspecified atom stereocenters. The number of hydrogen-bond acceptors (Lipinski definition) is 4. The third-order valence-electron chi connectivity index (χ3n) is 4.63. The van der Waals surface area contributed by atoms with E-state index in [4.69, 9.17) is 0 Å². The second-order valence-corrected chi connectivity index (χ2v) is 8.64. The summed E-state index contributed by atoms with van der Waals surface area (Å²) >= 11 is 0. The minimum Gasteiger partial charge on any atom is -0.406 e. The van der Waals surface area contributed by atoms with Crippen molar-refractivity contribution in [1.29, 1.82) is 0 Å². The molecule has 0 saturated carbocycles. The van der Waals surface area contributed by atoms with Gasteiger partial charge in [0.1, 0.15) is 5.75 Å². The molecule has 0 N–H and O–H groups in total. The fraction of sp³-hybridized carbons (Fsp3) is 0.368. The predicted molar refractivity (Wildman–Crippen MR) is 100 cm³/mol. The maximum absolute atomic E-state index is 12.8. The minimum atomic E-state index is -4.81. The van der Waals surface area contributed by atoms with Gasteiger partial charge in [-0.05, 0) is 49.7 Å². The fourth-order valence-corrected chi connectivity index (χ4v) is 4.71. The van der Waals surface area contributed by atoms with Crippen molar-refractivity contribution in [2.24, 2.45) is 0 Å². The molecule has 1 heterocycles. The first kappa shape index (κ1) is 20.5. The maximum Gasteiger partial charge on any atom is 0.573 e. The Morgan fingerprint density at radius 2 is 1.54 bits per heavy atom. The summed E-state index contributed by atoms with van der Waals surface area (Å²) in [6.45, 7) is 5.73. The van der Waals surface area contributed by atoms with E-state index in [0.717, 1.165) is 35.5 Å². The van der Waals surface area contributed by atoms with Gasteiger partial charge in [-0.25, -0.2) is 8.42 Å². The normalized spacial score (nSPS) is 16.2. The van der Waals surface area contributed by atoms with Crippen LogP contribution in [-0.2, 0) is 10.0 Å². The fourth-order valence-electron chi connectivity index (χ4n) is 3.29. The molecule has 0 atom stereocenters. The van der Waals surface area contributed by atoms with E-state index in [9.17, 15) is 21.6 Å². The van der Waals surface area contributed by atoms with Gasteiger partial charge in [-0.3, -0.25) is 0 Å². The number of benzene rings is 2. The van der Waals surface area contributed by atoms with Crippen LogP contribution in [0.5, 0.6) is 5.75 Å². The molecule has 1 fully saturated rings. The number of ether oxygens (including phenoxy) is 1. The van der Waals surface area contributed by atoms with Crippen LogP contribution in [0.4, 0.5) is 18.9 Å². The summed E-state index contributed by atoms with van der Waals surface area (Å²) in [5, 5.41) is 0. The largest absolute Gasteiger partial charge is 0.573 e. The lowest BCUT2D eigenvalue weighted by Gasteiger charge is -2.36. The van der Waals surface area contributed by atoms with Crippen molar-refractivity contribution in [1.82, 2.24) is 4.31 Å². The number of piperazine rings is 1. The smallest absolute Gasteiger partial charge is 0.406 e. The maximum atomic E-state index is 12.8. The summed E-state index contributed by atoms with van der Waals surface area (Å²) in [5.74, 6) is -0.453. The quantitative estimate of drug-likeness (QED) is 0.765. The zero-order valence-electron chi connectivity index (χ0n) is 15.5. The van der Waals surface area contributed by atoms with E-state index in [-0.39, 0.29) is 4.90 Å². The molecule has 0 aliphatic carbocycles. The molecular formula is C19H21F3N2O3S. The number of sulfonamides is 1. The van der Waals surface area contributed by atoms with Crippen molar-refractivity contribution < 1.29 is 26.3 Å². The van der Waals surface area contributed by atoms with Gasteiger partial charge in [0, 0.05) is 31.9 Å². The molecule has 9 heteroatoms. The molecule has 0 amide bonds. The Hall–Kier alpha value is -2.26. The molecule has 0 bridgehead atoms. The van der Waals surface area contributed by atoms with Gasteiger partial charge in [-0.2, -0.15) is 4.31 Å². The van der Waals surface area contributed by atoms with E-state index in [1.165, 1.54) is 9.87 Å². The predicted octanol–water partition coefficient (Wildman–Crippen LogP) is 3.71. The second-order valence-electron chi connectivity index (χ2n) is 6.70. The van der Waals surface area contributed by atoms with Crippen LogP contribution in [0.25, 0.3) is 0 Å². The highest BCUT2D eigenvalue weighted by Crippen LogP contribution is 2.27. The molecule has 3 rings (SSSR count). The number of hydrogen-bond donors (Lipinski definition) is 0. The highest BCUT2D eigenvalue weighted by molar-refractivity contribution is 7.89. The van der Waals surface area contributed by atoms with Gasteiger partial charge >= 0.3 is 6.36 Å². The summed E-state index contributed by atoms with van der Waals surface area (Å²) in [6.07, 6.45) is -4.81. The Balaban J connectivity index is 1.69. The number of rotatable bonds is 4. The van der Waals surface area contributed by atoms with Crippen LogP contribution in [-0.4, -0.2) is 45.3 Å². The van der Waals surface area contributed by atoms with Crippen LogP contribution < -0.4 is 9.64 Å². The molecule has 1 aliphatic rings. The standard InChI is InChI=1S/C19H21F3N2O3S/c1-14-3-8-18(15(2)13-14)23-9-11-24(12-10-23)28(25,26)17-6-4-16(5-7-17)27-19(20,21)22/h3-8,13H,9-12H2,1-2H3. The van der Waals surface area contributed by atoms with Gasteiger partial charge < -0.3 is 9.64 Å². The Kier molecular flexibility index (Phi) is 5.58. The van der Waals surface area contributed by atoms with Crippen molar-refractivity contribution in [3.05, 3.63) is 53.6 Å². The second kappa shape index (κ2) is 7.63. The molecule has 2 aromatic rings. The van der Waals surface area contributed by atoms with Crippen LogP contribution >= 0.6 is 0 Å². The Morgan fingerprint density at radius 3 is 2.07 bits per heavy atom. The van der Waals surface area contributed by atoms with E-state index in [1.807, 2.05) is 26.0 Å². The third kappa shape index (κ3) is 4.59. The first-order valence-electron chi connectivity index (χ1n) is 8.74. The average Bonchev–Trinajstić information content (AvgIpc) is 2.61. The molecule has 152 valence electrons. The van der Waals surface area contributed by atoms with Crippen LogP contribution in [0, 0.1) is 13.8 Å². The van der Waals surface area contributed by atoms with Crippen molar-refractivity contribution in [3.8, 4) is 5.75 Å². The Labute approximate surface area is 162 Å². The van der Waals surface area contributed by atoms with E-state index in [0.29, 0.717) is 26.2 Å². The zero-order valence-corrected chi connectivity index (χ0v) is 16.3. The first-order valence-corrected chi connectivity index (χ1v) is 10.2. The van der Waals surface area contributed by atoms with E-state index < -0.39 is 22.1 Å². The van der Waals surface area contributed by atoms with E-state index >= 15 is 0 Å². The highest BCUT2D eigenvalue weighted by Gasteiger charge is 2.32. The van der Waals surface area contributed by atoms with Gasteiger partial charge in [0.05, 0.1) is 4.90 Å². The molecule has 1 aliphatic heterocycles. The van der Waals surface area contributed by atoms with Crippen molar-refractivity contribution in [2.75, 3.05) is 31.1 Å². The lowest BCUT2D eigenvalue weighted by molar-refractivity contribution is -0.274. The van der Waals surface area contributed by atoms with Gasteiger partial charge in [-0.1, -0.05) is 17.7 Å². The molecule has 28 heavy (non-hydrogen) atoms. The Morgan fingerprint density at radius 1 is 0.929 bits per heavy atom. The summed E-state index contributed by atoms with van der Waals surface area (Å²) < 4.78 is 67.4.